The molecular formula is C21H25N5O2S. The van der Waals surface area contributed by atoms with Crippen molar-refractivity contribution in [3.8, 4) is 0 Å². The summed E-state index contributed by atoms with van der Waals surface area (Å²) in [6.07, 6.45) is 7.44. The highest BCUT2D eigenvalue weighted by Gasteiger charge is 2.24. The van der Waals surface area contributed by atoms with Crippen molar-refractivity contribution in [2.24, 2.45) is 0 Å². The largest absolute Gasteiger partial charge is 0.376 e. The highest BCUT2D eigenvalue weighted by Crippen LogP contribution is 2.34. The molecule has 1 aliphatic rings. The first-order valence-corrected chi connectivity index (χ1v) is 10.8. The van der Waals surface area contributed by atoms with Crippen molar-refractivity contribution in [1.82, 2.24) is 19.9 Å². The summed E-state index contributed by atoms with van der Waals surface area (Å²) in [4.78, 5) is 29.6. The molecule has 0 aromatic carbocycles. The first-order chi connectivity index (χ1) is 14.2. The maximum Gasteiger partial charge on any atom is 0.264 e. The molecule has 1 atom stereocenters. The monoisotopic (exact) mass is 411 g/mol. The molecule has 1 amide bonds. The molecule has 3 aromatic rings. The van der Waals surface area contributed by atoms with Gasteiger partial charge in [0.15, 0.2) is 0 Å². The lowest BCUT2D eigenvalue weighted by Gasteiger charge is -2.20. The van der Waals surface area contributed by atoms with Gasteiger partial charge in [-0.3, -0.25) is 9.78 Å². The van der Waals surface area contributed by atoms with Crippen LogP contribution < -0.4 is 5.32 Å². The van der Waals surface area contributed by atoms with E-state index in [1.54, 1.807) is 18.7 Å². The minimum absolute atomic E-state index is 0.0230. The number of carbonyl (C=O) groups excluding carboxylic acids is 1. The van der Waals surface area contributed by atoms with Crippen LogP contribution in [0.1, 0.15) is 40.6 Å². The fourth-order valence-corrected chi connectivity index (χ4v) is 4.72. The number of thiophene rings is 1. The quantitative estimate of drug-likeness (QED) is 0.639. The van der Waals surface area contributed by atoms with E-state index in [2.05, 4.69) is 20.3 Å². The maximum absolute atomic E-state index is 13.3. The van der Waals surface area contributed by atoms with Crippen molar-refractivity contribution in [1.29, 1.82) is 0 Å². The molecule has 3 aromatic heterocycles. The van der Waals surface area contributed by atoms with E-state index in [1.165, 1.54) is 11.3 Å². The molecule has 1 N–H and O–H groups in total. The molecule has 0 radical (unpaired) electrons. The summed E-state index contributed by atoms with van der Waals surface area (Å²) < 4.78 is 5.69. The summed E-state index contributed by atoms with van der Waals surface area (Å²) in [6.45, 7) is 6.70. The number of carbonyl (C=O) groups is 1. The van der Waals surface area contributed by atoms with E-state index in [4.69, 9.17) is 4.74 Å². The fourth-order valence-electron chi connectivity index (χ4n) is 3.60. The molecule has 29 heavy (non-hydrogen) atoms. The Bertz CT molecular complexity index is 985. The van der Waals surface area contributed by atoms with Crippen molar-refractivity contribution in [3.05, 3.63) is 46.9 Å². The average molecular weight is 412 g/mol. The van der Waals surface area contributed by atoms with Crippen LogP contribution in [0, 0.1) is 6.92 Å². The third kappa shape index (κ3) is 4.23. The van der Waals surface area contributed by atoms with Crippen molar-refractivity contribution in [2.45, 2.75) is 39.3 Å². The molecule has 7 nitrogen and oxygen atoms in total. The number of hydrogen-bond acceptors (Lipinski definition) is 7. The topological polar surface area (TPSA) is 80.2 Å². The summed E-state index contributed by atoms with van der Waals surface area (Å²) in [6, 6.07) is 3.87. The van der Waals surface area contributed by atoms with Crippen molar-refractivity contribution >= 4 is 33.3 Å². The first-order valence-electron chi connectivity index (χ1n) is 9.95. The Hall–Kier alpha value is -2.58. The van der Waals surface area contributed by atoms with Gasteiger partial charge in [0.2, 0.25) is 0 Å². The fraction of sp³-hybridized carbons (Fsp3) is 0.429. The van der Waals surface area contributed by atoms with E-state index in [0.717, 1.165) is 51.5 Å². The lowest BCUT2D eigenvalue weighted by Crippen LogP contribution is -2.30. The Morgan fingerprint density at radius 2 is 2.17 bits per heavy atom. The third-order valence-corrected chi connectivity index (χ3v) is 6.42. The van der Waals surface area contributed by atoms with Crippen LogP contribution in [0.3, 0.4) is 0 Å². The molecule has 4 heterocycles. The second-order valence-electron chi connectivity index (χ2n) is 7.15. The van der Waals surface area contributed by atoms with Gasteiger partial charge in [0.05, 0.1) is 16.4 Å². The molecule has 1 fully saturated rings. The molecule has 8 heteroatoms. The van der Waals surface area contributed by atoms with E-state index < -0.39 is 0 Å². The number of aryl methyl sites for hydroxylation is 1. The first kappa shape index (κ1) is 19.7. The van der Waals surface area contributed by atoms with E-state index >= 15 is 0 Å². The zero-order valence-corrected chi connectivity index (χ0v) is 17.5. The van der Waals surface area contributed by atoms with E-state index in [-0.39, 0.29) is 12.0 Å². The van der Waals surface area contributed by atoms with Crippen LogP contribution in [0.5, 0.6) is 0 Å². The Balaban J connectivity index is 1.59. The smallest absolute Gasteiger partial charge is 0.264 e. The van der Waals surface area contributed by atoms with Crippen molar-refractivity contribution in [3.63, 3.8) is 0 Å². The highest BCUT2D eigenvalue weighted by atomic mass is 32.1. The minimum Gasteiger partial charge on any atom is -0.376 e. The second kappa shape index (κ2) is 8.84. The molecule has 0 spiro atoms. The van der Waals surface area contributed by atoms with Crippen LogP contribution in [0.15, 0.2) is 30.9 Å². The van der Waals surface area contributed by atoms with Gasteiger partial charge in [0, 0.05) is 38.6 Å². The highest BCUT2D eigenvalue weighted by molar-refractivity contribution is 7.20. The molecule has 0 saturated carbocycles. The number of pyridine rings is 1. The number of fused-ring (bicyclic) bond motifs is 1. The zero-order valence-electron chi connectivity index (χ0n) is 16.7. The van der Waals surface area contributed by atoms with Gasteiger partial charge in [0.25, 0.3) is 5.91 Å². The normalized spacial score (nSPS) is 16.3. The lowest BCUT2D eigenvalue weighted by molar-refractivity contribution is 0.0757. The summed E-state index contributed by atoms with van der Waals surface area (Å²) in [5, 5.41) is 4.33. The van der Waals surface area contributed by atoms with E-state index in [0.29, 0.717) is 19.6 Å². The van der Waals surface area contributed by atoms with E-state index in [9.17, 15) is 4.79 Å². The zero-order chi connectivity index (χ0) is 20.2. The van der Waals surface area contributed by atoms with Gasteiger partial charge in [-0.25, -0.2) is 9.97 Å². The molecule has 4 rings (SSSR count). The lowest BCUT2D eigenvalue weighted by atomic mass is 10.1. The van der Waals surface area contributed by atoms with Gasteiger partial charge in [0.1, 0.15) is 17.0 Å². The number of nitrogens with one attached hydrogen (secondary N) is 1. The van der Waals surface area contributed by atoms with Gasteiger partial charge in [-0.2, -0.15) is 0 Å². The van der Waals surface area contributed by atoms with Gasteiger partial charge in [-0.1, -0.05) is 0 Å². The Morgan fingerprint density at radius 1 is 1.34 bits per heavy atom. The van der Waals surface area contributed by atoms with Crippen LogP contribution >= 0.6 is 11.3 Å². The van der Waals surface area contributed by atoms with Crippen LogP contribution in [-0.2, 0) is 11.3 Å². The van der Waals surface area contributed by atoms with Gasteiger partial charge < -0.3 is 15.0 Å². The van der Waals surface area contributed by atoms with E-state index in [1.807, 2.05) is 30.9 Å². The molecule has 0 bridgehead atoms. The summed E-state index contributed by atoms with van der Waals surface area (Å²) in [7, 11) is 0. The SMILES string of the molecule is CCN(Cc1ccncc1)C(=O)c1sc2ncnc(NCC3CCCO3)c2c1C. The predicted octanol–water partition coefficient (Wildman–Crippen LogP) is 3.65. The number of nitrogens with zero attached hydrogens (tertiary/aromatic N) is 4. The molecule has 0 aliphatic carbocycles. The average Bonchev–Trinajstić information content (AvgIpc) is 3.39. The summed E-state index contributed by atoms with van der Waals surface area (Å²) >= 11 is 1.43. The number of amides is 1. The number of aromatic nitrogens is 3. The van der Waals surface area contributed by atoms with Crippen LogP contribution in [0.25, 0.3) is 10.2 Å². The second-order valence-corrected chi connectivity index (χ2v) is 8.15. The summed E-state index contributed by atoms with van der Waals surface area (Å²) in [5.41, 5.74) is 1.99. The van der Waals surface area contributed by atoms with Gasteiger partial charge in [-0.05, 0) is 49.9 Å². The molecule has 1 aliphatic heterocycles. The minimum atomic E-state index is 0.0230. The molecule has 1 saturated heterocycles. The van der Waals surface area contributed by atoms with Crippen LogP contribution in [0.2, 0.25) is 0 Å². The number of rotatable bonds is 7. The third-order valence-electron chi connectivity index (χ3n) is 5.23. The van der Waals surface area contributed by atoms with Gasteiger partial charge in [-0.15, -0.1) is 11.3 Å². The predicted molar refractivity (Wildman–Crippen MR) is 114 cm³/mol. The number of ether oxygens (including phenoxy) is 1. The number of anilines is 1. The van der Waals surface area contributed by atoms with Crippen molar-refractivity contribution < 1.29 is 9.53 Å². The summed E-state index contributed by atoms with van der Waals surface area (Å²) in [5.74, 6) is 0.797. The molecule has 1 unspecified atom stereocenters. The van der Waals surface area contributed by atoms with Crippen molar-refractivity contribution in [2.75, 3.05) is 25.0 Å². The Morgan fingerprint density at radius 3 is 2.90 bits per heavy atom. The van der Waals surface area contributed by atoms with Crippen LogP contribution in [-0.4, -0.2) is 51.6 Å². The van der Waals surface area contributed by atoms with Gasteiger partial charge >= 0.3 is 0 Å². The number of hydrogen-bond donors (Lipinski definition) is 1. The Labute approximate surface area is 174 Å². The standard InChI is InChI=1S/C21H25N5O2S/c1-3-26(12-15-6-8-22-9-7-15)21(27)18-14(2)17-19(24-13-25-20(17)29-18)23-11-16-5-4-10-28-16/h6-9,13,16H,3-5,10-12H2,1-2H3,(H,23,24,25). The molecular weight excluding hydrogens is 386 g/mol. The molecule has 152 valence electrons. The Kier molecular flexibility index (Phi) is 6.01. The maximum atomic E-state index is 13.3. The van der Waals surface area contributed by atoms with Crippen LogP contribution in [0.4, 0.5) is 5.82 Å².